The minimum Gasteiger partial charge on any atom is -0.456 e. The average molecular weight is 247 g/mol. The van der Waals surface area contributed by atoms with Crippen molar-refractivity contribution in [2.75, 3.05) is 13.2 Å². The van der Waals surface area contributed by atoms with E-state index in [1.165, 1.54) is 6.92 Å². The second-order valence-electron chi connectivity index (χ2n) is 3.83. The van der Waals surface area contributed by atoms with Crippen molar-refractivity contribution in [2.45, 2.75) is 13.5 Å². The summed E-state index contributed by atoms with van der Waals surface area (Å²) in [6.07, 6.45) is 1.65. The number of ether oxygens (including phenoxy) is 1. The van der Waals surface area contributed by atoms with Crippen LogP contribution in [0.4, 0.5) is 0 Å². The summed E-state index contributed by atoms with van der Waals surface area (Å²) in [5.41, 5.74) is 1.02. The summed E-state index contributed by atoms with van der Waals surface area (Å²) in [5, 5.41) is 0. The van der Waals surface area contributed by atoms with E-state index in [2.05, 4.69) is 6.58 Å². The van der Waals surface area contributed by atoms with Crippen molar-refractivity contribution >= 4 is 11.9 Å². The smallest absolute Gasteiger partial charge is 0.303 e. The third kappa shape index (κ3) is 4.82. The summed E-state index contributed by atoms with van der Waals surface area (Å²) in [6.45, 7) is 5.58. The molecule has 0 spiro atoms. The van der Waals surface area contributed by atoms with E-state index in [9.17, 15) is 9.59 Å². The first-order valence-corrected chi connectivity index (χ1v) is 5.69. The quantitative estimate of drug-likeness (QED) is 0.568. The fourth-order valence-electron chi connectivity index (χ4n) is 1.47. The average Bonchev–Trinajstić information content (AvgIpc) is 2.36. The lowest BCUT2D eigenvalue weighted by Gasteiger charge is -2.20. The van der Waals surface area contributed by atoms with Gasteiger partial charge in [0, 0.05) is 20.0 Å². The number of nitrogens with zero attached hydrogens (tertiary/aromatic N) is 1. The van der Waals surface area contributed by atoms with Gasteiger partial charge < -0.3 is 9.64 Å². The van der Waals surface area contributed by atoms with Crippen LogP contribution in [-0.4, -0.2) is 29.9 Å². The van der Waals surface area contributed by atoms with Crippen molar-refractivity contribution in [3.8, 4) is 0 Å². The number of esters is 1. The first-order valence-electron chi connectivity index (χ1n) is 5.69. The van der Waals surface area contributed by atoms with Crippen LogP contribution in [0.25, 0.3) is 0 Å². The lowest BCUT2D eigenvalue weighted by molar-refractivity contribution is -0.150. The standard InChI is InChI=1S/C14H17NO3/c1-3-9-15(14(17)11-18-12(2)16)10-13-7-5-4-6-8-13/h3-8H,1,9-11H2,2H3. The molecule has 0 aromatic heterocycles. The van der Waals surface area contributed by atoms with Crippen LogP contribution in [-0.2, 0) is 20.9 Å². The van der Waals surface area contributed by atoms with E-state index in [0.29, 0.717) is 13.1 Å². The van der Waals surface area contributed by atoms with Crippen molar-refractivity contribution < 1.29 is 14.3 Å². The van der Waals surface area contributed by atoms with Gasteiger partial charge in [-0.05, 0) is 5.56 Å². The van der Waals surface area contributed by atoms with Gasteiger partial charge >= 0.3 is 5.97 Å². The van der Waals surface area contributed by atoms with E-state index in [0.717, 1.165) is 5.56 Å². The Morgan fingerprint density at radius 2 is 2.00 bits per heavy atom. The molecular weight excluding hydrogens is 230 g/mol. The second kappa shape index (κ2) is 7.27. The Balaban J connectivity index is 2.61. The molecule has 0 saturated carbocycles. The molecule has 0 aliphatic rings. The van der Waals surface area contributed by atoms with Crippen molar-refractivity contribution in [1.29, 1.82) is 0 Å². The molecule has 0 heterocycles. The maximum Gasteiger partial charge on any atom is 0.303 e. The second-order valence-corrected chi connectivity index (χ2v) is 3.83. The summed E-state index contributed by atoms with van der Waals surface area (Å²) in [4.78, 5) is 24.1. The van der Waals surface area contributed by atoms with Crippen LogP contribution in [0.3, 0.4) is 0 Å². The van der Waals surface area contributed by atoms with Crippen molar-refractivity contribution in [3.63, 3.8) is 0 Å². The first kappa shape index (κ1) is 14.0. The normalized spacial score (nSPS) is 9.61. The number of rotatable bonds is 6. The summed E-state index contributed by atoms with van der Waals surface area (Å²) < 4.78 is 4.70. The molecule has 0 aliphatic heterocycles. The largest absolute Gasteiger partial charge is 0.456 e. The van der Waals surface area contributed by atoms with E-state index in [4.69, 9.17) is 4.74 Å². The molecule has 0 aliphatic carbocycles. The molecule has 0 radical (unpaired) electrons. The molecule has 1 aromatic rings. The molecule has 0 fully saturated rings. The Labute approximate surface area is 107 Å². The fourth-order valence-corrected chi connectivity index (χ4v) is 1.47. The van der Waals surface area contributed by atoms with Crippen molar-refractivity contribution in [3.05, 3.63) is 48.6 Å². The molecule has 1 rings (SSSR count). The van der Waals surface area contributed by atoms with Gasteiger partial charge in [0.2, 0.25) is 0 Å². The third-order valence-corrected chi connectivity index (χ3v) is 2.32. The lowest BCUT2D eigenvalue weighted by atomic mass is 10.2. The molecule has 0 bridgehead atoms. The molecule has 4 nitrogen and oxygen atoms in total. The van der Waals surface area contributed by atoms with Crippen LogP contribution < -0.4 is 0 Å². The lowest BCUT2D eigenvalue weighted by Crippen LogP contribution is -2.34. The van der Waals surface area contributed by atoms with E-state index < -0.39 is 5.97 Å². The Kier molecular flexibility index (Phi) is 5.64. The Bertz CT molecular complexity index is 414. The topological polar surface area (TPSA) is 46.6 Å². The zero-order chi connectivity index (χ0) is 13.4. The number of carbonyl (C=O) groups is 2. The number of carbonyl (C=O) groups excluding carboxylic acids is 2. The summed E-state index contributed by atoms with van der Waals surface area (Å²) in [7, 11) is 0. The van der Waals surface area contributed by atoms with Crippen molar-refractivity contribution in [1.82, 2.24) is 4.90 Å². The molecular formula is C14H17NO3. The SMILES string of the molecule is C=CCN(Cc1ccccc1)C(=O)COC(C)=O. The first-order chi connectivity index (χ1) is 8.63. The van der Waals surface area contributed by atoms with Crippen LogP contribution in [0.1, 0.15) is 12.5 Å². The van der Waals surface area contributed by atoms with Crippen LogP contribution in [0, 0.1) is 0 Å². The van der Waals surface area contributed by atoms with Gasteiger partial charge in [-0.2, -0.15) is 0 Å². The maximum absolute atomic E-state index is 11.8. The highest BCUT2D eigenvalue weighted by Gasteiger charge is 2.13. The number of amides is 1. The predicted molar refractivity (Wildman–Crippen MR) is 68.7 cm³/mol. The molecule has 0 N–H and O–H groups in total. The molecule has 0 saturated heterocycles. The van der Waals surface area contributed by atoms with Crippen LogP contribution >= 0.6 is 0 Å². The minimum absolute atomic E-state index is 0.226. The van der Waals surface area contributed by atoms with E-state index in [1.54, 1.807) is 11.0 Å². The third-order valence-electron chi connectivity index (χ3n) is 2.32. The molecule has 0 unspecified atom stereocenters. The highest BCUT2D eigenvalue weighted by Crippen LogP contribution is 2.05. The minimum atomic E-state index is -0.457. The molecule has 18 heavy (non-hydrogen) atoms. The monoisotopic (exact) mass is 247 g/mol. The predicted octanol–water partition coefficient (Wildman–Crippen LogP) is 1.76. The van der Waals surface area contributed by atoms with E-state index >= 15 is 0 Å². The van der Waals surface area contributed by atoms with Gasteiger partial charge in [0.05, 0.1) is 0 Å². The fraction of sp³-hybridized carbons (Fsp3) is 0.286. The molecule has 96 valence electrons. The maximum atomic E-state index is 11.8. The number of hydrogen-bond donors (Lipinski definition) is 0. The van der Waals surface area contributed by atoms with Crippen LogP contribution in [0.5, 0.6) is 0 Å². The highest BCUT2D eigenvalue weighted by atomic mass is 16.5. The Morgan fingerprint density at radius 3 is 2.56 bits per heavy atom. The van der Waals surface area contributed by atoms with Gasteiger partial charge in [-0.3, -0.25) is 9.59 Å². The van der Waals surface area contributed by atoms with Gasteiger partial charge in [0.25, 0.3) is 5.91 Å². The summed E-state index contributed by atoms with van der Waals surface area (Å²) in [5.74, 6) is -0.685. The molecule has 0 atom stereocenters. The van der Waals surface area contributed by atoms with E-state index in [1.807, 2.05) is 30.3 Å². The van der Waals surface area contributed by atoms with Gasteiger partial charge in [0.1, 0.15) is 0 Å². The van der Waals surface area contributed by atoms with Gasteiger partial charge in [-0.25, -0.2) is 0 Å². The summed E-state index contributed by atoms with van der Waals surface area (Å²) >= 11 is 0. The van der Waals surface area contributed by atoms with Crippen LogP contribution in [0.15, 0.2) is 43.0 Å². The highest BCUT2D eigenvalue weighted by molar-refractivity contribution is 5.80. The number of benzene rings is 1. The van der Waals surface area contributed by atoms with E-state index in [-0.39, 0.29) is 12.5 Å². The Hall–Kier alpha value is -2.10. The van der Waals surface area contributed by atoms with Crippen molar-refractivity contribution in [2.24, 2.45) is 0 Å². The zero-order valence-corrected chi connectivity index (χ0v) is 10.5. The van der Waals surface area contributed by atoms with Crippen LogP contribution in [0.2, 0.25) is 0 Å². The zero-order valence-electron chi connectivity index (χ0n) is 10.5. The van der Waals surface area contributed by atoms with Gasteiger partial charge in [0.15, 0.2) is 6.61 Å². The molecule has 4 heteroatoms. The Morgan fingerprint density at radius 1 is 1.33 bits per heavy atom. The summed E-state index contributed by atoms with van der Waals surface area (Å²) in [6, 6.07) is 9.63. The molecule has 1 aromatic carbocycles. The van der Waals surface area contributed by atoms with Gasteiger partial charge in [-0.15, -0.1) is 6.58 Å². The number of hydrogen-bond acceptors (Lipinski definition) is 3. The van der Waals surface area contributed by atoms with Gasteiger partial charge in [-0.1, -0.05) is 36.4 Å². The molecule has 1 amide bonds.